The maximum atomic E-state index is 12.1. The maximum absolute atomic E-state index is 12.1. The van der Waals surface area contributed by atoms with Gasteiger partial charge in [-0.2, -0.15) is 5.10 Å². The monoisotopic (exact) mass is 304 g/mol. The van der Waals surface area contributed by atoms with Gasteiger partial charge in [-0.3, -0.25) is 9.78 Å². The highest BCUT2D eigenvalue weighted by molar-refractivity contribution is 5.94. The van der Waals surface area contributed by atoms with Gasteiger partial charge in [0.15, 0.2) is 0 Å². The van der Waals surface area contributed by atoms with Crippen LogP contribution < -0.4 is 5.32 Å². The van der Waals surface area contributed by atoms with Crippen LogP contribution in [0.15, 0.2) is 60.8 Å². The number of aromatic nitrogens is 3. The number of pyridine rings is 1. The Balaban J connectivity index is 1.75. The van der Waals surface area contributed by atoms with E-state index in [4.69, 9.17) is 0 Å². The van der Waals surface area contributed by atoms with E-state index in [9.17, 15) is 4.79 Å². The molecule has 1 aliphatic carbocycles. The molecule has 1 N–H and O–H groups in total. The molecule has 0 spiro atoms. The van der Waals surface area contributed by atoms with Gasteiger partial charge in [-0.15, -0.1) is 0 Å². The Bertz CT molecular complexity index is 823. The Morgan fingerprint density at radius 3 is 2.52 bits per heavy atom. The van der Waals surface area contributed by atoms with Crippen molar-refractivity contribution in [2.75, 3.05) is 5.32 Å². The third-order valence-corrected chi connectivity index (χ3v) is 3.84. The highest BCUT2D eigenvalue weighted by Gasteiger charge is 2.30. The summed E-state index contributed by atoms with van der Waals surface area (Å²) in [6, 6.07) is 17.3. The lowest BCUT2D eigenvalue weighted by Crippen LogP contribution is -2.16. The van der Waals surface area contributed by atoms with E-state index in [1.807, 2.05) is 54.6 Å². The first-order chi connectivity index (χ1) is 11.3. The Labute approximate surface area is 134 Å². The van der Waals surface area contributed by atoms with Crippen molar-refractivity contribution in [3.8, 4) is 17.1 Å². The van der Waals surface area contributed by atoms with Gasteiger partial charge < -0.3 is 5.32 Å². The Kier molecular flexibility index (Phi) is 3.38. The molecule has 0 saturated heterocycles. The van der Waals surface area contributed by atoms with Crippen LogP contribution in [-0.2, 0) is 4.79 Å². The molecule has 0 radical (unpaired) electrons. The molecule has 2 aromatic heterocycles. The van der Waals surface area contributed by atoms with Crippen LogP contribution in [0.1, 0.15) is 12.8 Å². The van der Waals surface area contributed by atoms with Crippen molar-refractivity contribution in [1.29, 1.82) is 0 Å². The number of hydrogen-bond donors (Lipinski definition) is 1. The SMILES string of the molecule is O=C(Nc1cc(-c2ccccn2)nn1-c1ccccc1)C1CC1. The summed E-state index contributed by atoms with van der Waals surface area (Å²) in [6.07, 6.45) is 3.68. The maximum Gasteiger partial charge on any atom is 0.228 e. The molecule has 114 valence electrons. The van der Waals surface area contributed by atoms with Crippen molar-refractivity contribution in [1.82, 2.24) is 14.8 Å². The zero-order valence-corrected chi connectivity index (χ0v) is 12.5. The van der Waals surface area contributed by atoms with E-state index >= 15 is 0 Å². The van der Waals surface area contributed by atoms with Crippen LogP contribution in [0.3, 0.4) is 0 Å². The predicted molar refractivity (Wildman–Crippen MR) is 88.1 cm³/mol. The van der Waals surface area contributed by atoms with E-state index in [0.29, 0.717) is 5.82 Å². The smallest absolute Gasteiger partial charge is 0.228 e. The van der Waals surface area contributed by atoms with Gasteiger partial charge in [-0.1, -0.05) is 24.3 Å². The molecule has 0 bridgehead atoms. The van der Waals surface area contributed by atoms with Crippen LogP contribution in [0.2, 0.25) is 0 Å². The molecule has 5 heteroatoms. The first-order valence-electron chi connectivity index (χ1n) is 7.69. The molecule has 1 aromatic carbocycles. The van der Waals surface area contributed by atoms with Crippen LogP contribution in [-0.4, -0.2) is 20.7 Å². The highest BCUT2D eigenvalue weighted by Crippen LogP contribution is 2.31. The van der Waals surface area contributed by atoms with Crippen LogP contribution in [0.25, 0.3) is 17.1 Å². The van der Waals surface area contributed by atoms with E-state index in [-0.39, 0.29) is 11.8 Å². The van der Waals surface area contributed by atoms with Gasteiger partial charge in [0.2, 0.25) is 5.91 Å². The fourth-order valence-electron chi connectivity index (χ4n) is 2.45. The summed E-state index contributed by atoms with van der Waals surface area (Å²) in [7, 11) is 0. The lowest BCUT2D eigenvalue weighted by atomic mass is 10.3. The summed E-state index contributed by atoms with van der Waals surface area (Å²) in [4.78, 5) is 16.5. The molecule has 1 saturated carbocycles. The Morgan fingerprint density at radius 1 is 1.04 bits per heavy atom. The quantitative estimate of drug-likeness (QED) is 0.804. The number of anilines is 1. The van der Waals surface area contributed by atoms with Crippen LogP contribution in [0.4, 0.5) is 5.82 Å². The fraction of sp³-hybridized carbons (Fsp3) is 0.167. The molecule has 4 rings (SSSR count). The second-order valence-electron chi connectivity index (χ2n) is 5.64. The first kappa shape index (κ1) is 13.7. The summed E-state index contributed by atoms with van der Waals surface area (Å²) in [5.41, 5.74) is 2.42. The lowest BCUT2D eigenvalue weighted by molar-refractivity contribution is -0.117. The molecular weight excluding hydrogens is 288 g/mol. The number of benzene rings is 1. The molecule has 0 aliphatic heterocycles. The van der Waals surface area contributed by atoms with E-state index in [0.717, 1.165) is 29.9 Å². The summed E-state index contributed by atoms with van der Waals surface area (Å²) >= 11 is 0. The Hall–Kier alpha value is -2.95. The number of carbonyl (C=O) groups is 1. The summed E-state index contributed by atoms with van der Waals surface area (Å²) in [5, 5.41) is 7.62. The van der Waals surface area contributed by atoms with Gasteiger partial charge in [0.25, 0.3) is 0 Å². The average Bonchev–Trinajstić information content (AvgIpc) is 3.38. The van der Waals surface area contributed by atoms with E-state index in [2.05, 4.69) is 15.4 Å². The van der Waals surface area contributed by atoms with Gasteiger partial charge >= 0.3 is 0 Å². The number of para-hydroxylation sites is 1. The van der Waals surface area contributed by atoms with Crippen molar-refractivity contribution in [3.63, 3.8) is 0 Å². The number of rotatable bonds is 4. The molecule has 23 heavy (non-hydrogen) atoms. The molecule has 0 unspecified atom stereocenters. The second-order valence-corrected chi connectivity index (χ2v) is 5.64. The highest BCUT2D eigenvalue weighted by atomic mass is 16.2. The van der Waals surface area contributed by atoms with Crippen LogP contribution in [0.5, 0.6) is 0 Å². The van der Waals surface area contributed by atoms with Gasteiger partial charge in [0.1, 0.15) is 11.5 Å². The minimum Gasteiger partial charge on any atom is -0.310 e. The minimum atomic E-state index is 0.0645. The second kappa shape index (κ2) is 5.68. The minimum absolute atomic E-state index is 0.0645. The van der Waals surface area contributed by atoms with Gasteiger partial charge in [0.05, 0.1) is 11.4 Å². The standard InChI is InChI=1S/C18H16N4O/c23-18(13-9-10-13)20-17-12-16(15-8-4-5-11-19-15)21-22(17)14-6-2-1-3-7-14/h1-8,11-13H,9-10H2,(H,20,23). The zero-order valence-electron chi connectivity index (χ0n) is 12.5. The van der Waals surface area contributed by atoms with Crippen molar-refractivity contribution in [3.05, 3.63) is 60.8 Å². The van der Waals surface area contributed by atoms with Gasteiger partial charge in [-0.25, -0.2) is 4.68 Å². The number of hydrogen-bond acceptors (Lipinski definition) is 3. The number of carbonyl (C=O) groups excluding carboxylic acids is 1. The topological polar surface area (TPSA) is 59.8 Å². The van der Waals surface area contributed by atoms with Crippen molar-refractivity contribution < 1.29 is 4.79 Å². The molecule has 1 fully saturated rings. The van der Waals surface area contributed by atoms with Crippen molar-refractivity contribution in [2.45, 2.75) is 12.8 Å². The summed E-state index contributed by atoms with van der Waals surface area (Å²) < 4.78 is 1.75. The van der Waals surface area contributed by atoms with E-state index in [1.165, 1.54) is 0 Å². The summed E-state index contributed by atoms with van der Waals surface area (Å²) in [5.74, 6) is 0.885. The number of amides is 1. The van der Waals surface area contributed by atoms with Crippen molar-refractivity contribution >= 4 is 11.7 Å². The largest absolute Gasteiger partial charge is 0.310 e. The van der Waals surface area contributed by atoms with E-state index < -0.39 is 0 Å². The molecule has 0 atom stereocenters. The van der Waals surface area contributed by atoms with Crippen LogP contribution in [0, 0.1) is 5.92 Å². The van der Waals surface area contributed by atoms with Gasteiger partial charge in [-0.05, 0) is 37.1 Å². The third-order valence-electron chi connectivity index (χ3n) is 3.84. The molecular formula is C18H16N4O. The van der Waals surface area contributed by atoms with E-state index in [1.54, 1.807) is 10.9 Å². The average molecular weight is 304 g/mol. The summed E-state index contributed by atoms with van der Waals surface area (Å²) in [6.45, 7) is 0. The third kappa shape index (κ3) is 2.85. The lowest BCUT2D eigenvalue weighted by Gasteiger charge is -2.08. The molecule has 3 aromatic rings. The predicted octanol–water partition coefficient (Wildman–Crippen LogP) is 3.28. The Morgan fingerprint density at radius 2 is 1.83 bits per heavy atom. The molecule has 1 aliphatic rings. The molecule has 5 nitrogen and oxygen atoms in total. The zero-order chi connectivity index (χ0) is 15.6. The van der Waals surface area contributed by atoms with Crippen LogP contribution >= 0.6 is 0 Å². The van der Waals surface area contributed by atoms with Crippen molar-refractivity contribution in [2.24, 2.45) is 5.92 Å². The molecule has 2 heterocycles. The van der Waals surface area contributed by atoms with Gasteiger partial charge in [0, 0.05) is 18.2 Å². The first-order valence-corrected chi connectivity index (χ1v) is 7.69. The number of nitrogens with one attached hydrogen (secondary N) is 1. The number of nitrogens with zero attached hydrogens (tertiary/aromatic N) is 3. The normalized spacial score (nSPS) is 13.7. The molecule has 1 amide bonds. The fourth-order valence-corrected chi connectivity index (χ4v) is 2.45.